The predicted molar refractivity (Wildman–Crippen MR) is 116 cm³/mol. The van der Waals surface area contributed by atoms with Crippen LogP contribution < -0.4 is 19.1 Å². The zero-order valence-corrected chi connectivity index (χ0v) is 18.6. The van der Waals surface area contributed by atoms with Gasteiger partial charge in [0.1, 0.15) is 17.5 Å². The van der Waals surface area contributed by atoms with E-state index < -0.39 is 22.0 Å². The highest BCUT2D eigenvalue weighted by Gasteiger charge is 2.33. The Morgan fingerprint density at radius 1 is 1.17 bits per heavy atom. The summed E-state index contributed by atoms with van der Waals surface area (Å²) < 4.78 is 36.8. The van der Waals surface area contributed by atoms with Gasteiger partial charge in [0, 0.05) is 11.1 Å². The van der Waals surface area contributed by atoms with Crippen LogP contribution in [0.4, 0.5) is 11.4 Å². The van der Waals surface area contributed by atoms with Gasteiger partial charge in [-0.3, -0.25) is 9.10 Å². The van der Waals surface area contributed by atoms with E-state index in [1.807, 2.05) is 0 Å². The summed E-state index contributed by atoms with van der Waals surface area (Å²) in [6.07, 6.45) is 1.32. The molecule has 1 amide bonds. The molecule has 0 saturated carbocycles. The zero-order chi connectivity index (χ0) is 21.8. The Hall–Kier alpha value is -2.45. The van der Waals surface area contributed by atoms with Crippen LogP contribution in [0.3, 0.4) is 0 Å². The van der Waals surface area contributed by atoms with Gasteiger partial charge in [0.15, 0.2) is 0 Å². The number of carbonyl (C=O) groups is 1. The van der Waals surface area contributed by atoms with E-state index in [1.54, 1.807) is 50.2 Å². The van der Waals surface area contributed by atoms with Crippen molar-refractivity contribution in [1.82, 2.24) is 0 Å². The highest BCUT2D eigenvalue weighted by molar-refractivity contribution is 7.92. The SMILES string of the molecule is CCC(C(=O)Nc1ccc(OC)cc1OC)N(c1cc(Cl)ccc1C)S(C)(=O)=O. The van der Waals surface area contributed by atoms with E-state index in [2.05, 4.69) is 5.32 Å². The van der Waals surface area contributed by atoms with Crippen molar-refractivity contribution in [2.75, 3.05) is 30.1 Å². The fourth-order valence-corrected chi connectivity index (χ4v) is 4.40. The van der Waals surface area contributed by atoms with E-state index in [1.165, 1.54) is 14.2 Å². The molecule has 0 fully saturated rings. The predicted octanol–water partition coefficient (Wildman–Crippen LogP) is 3.85. The second-order valence-corrected chi connectivity index (χ2v) is 8.77. The molecule has 0 radical (unpaired) electrons. The first-order chi connectivity index (χ1) is 13.6. The first kappa shape index (κ1) is 22.8. The lowest BCUT2D eigenvalue weighted by atomic mass is 10.1. The van der Waals surface area contributed by atoms with Crippen LogP contribution in [0.2, 0.25) is 5.02 Å². The number of nitrogens with zero attached hydrogens (tertiary/aromatic N) is 1. The Morgan fingerprint density at radius 3 is 2.41 bits per heavy atom. The minimum absolute atomic E-state index is 0.253. The number of methoxy groups -OCH3 is 2. The Kier molecular flexibility index (Phi) is 7.37. The molecular formula is C20H25ClN2O5S. The molecule has 0 aromatic heterocycles. The zero-order valence-electron chi connectivity index (χ0n) is 17.0. The van der Waals surface area contributed by atoms with Crippen molar-refractivity contribution in [1.29, 1.82) is 0 Å². The van der Waals surface area contributed by atoms with Gasteiger partial charge in [-0.15, -0.1) is 0 Å². The highest BCUT2D eigenvalue weighted by Crippen LogP contribution is 2.32. The lowest BCUT2D eigenvalue weighted by molar-refractivity contribution is -0.117. The maximum absolute atomic E-state index is 13.1. The van der Waals surface area contributed by atoms with Gasteiger partial charge in [-0.2, -0.15) is 0 Å². The van der Waals surface area contributed by atoms with Gasteiger partial charge in [-0.25, -0.2) is 8.42 Å². The molecule has 9 heteroatoms. The lowest BCUT2D eigenvalue weighted by Gasteiger charge is -2.31. The third kappa shape index (κ3) is 5.33. The molecule has 0 bridgehead atoms. The molecule has 0 saturated heterocycles. The fraction of sp³-hybridized carbons (Fsp3) is 0.350. The smallest absolute Gasteiger partial charge is 0.248 e. The van der Waals surface area contributed by atoms with Gasteiger partial charge >= 0.3 is 0 Å². The van der Waals surface area contributed by atoms with Crippen molar-refractivity contribution in [2.45, 2.75) is 26.3 Å². The van der Waals surface area contributed by atoms with Crippen molar-refractivity contribution in [2.24, 2.45) is 0 Å². The molecule has 2 aromatic rings. The van der Waals surface area contributed by atoms with Gasteiger partial charge < -0.3 is 14.8 Å². The van der Waals surface area contributed by atoms with Crippen LogP contribution in [-0.4, -0.2) is 40.8 Å². The largest absolute Gasteiger partial charge is 0.497 e. The van der Waals surface area contributed by atoms with Crippen LogP contribution in [0.25, 0.3) is 0 Å². The number of halogens is 1. The molecule has 1 unspecified atom stereocenters. The molecule has 0 aliphatic heterocycles. The van der Waals surface area contributed by atoms with E-state index in [9.17, 15) is 13.2 Å². The Bertz CT molecular complexity index is 994. The van der Waals surface area contributed by atoms with Crippen LogP contribution >= 0.6 is 11.6 Å². The van der Waals surface area contributed by atoms with Crippen molar-refractivity contribution < 1.29 is 22.7 Å². The van der Waals surface area contributed by atoms with Gasteiger partial charge in [0.2, 0.25) is 15.9 Å². The van der Waals surface area contributed by atoms with Crippen molar-refractivity contribution in [3.63, 3.8) is 0 Å². The number of anilines is 2. The standard InChI is InChI=1S/C20H25ClN2O5S/c1-6-17(20(24)22-16-10-9-15(27-3)12-19(16)28-4)23(29(5,25)26)18-11-14(21)8-7-13(18)2/h7-12,17H,6H2,1-5H3,(H,22,24). The van der Waals surface area contributed by atoms with Crippen LogP contribution in [0, 0.1) is 6.92 Å². The van der Waals surface area contributed by atoms with Crippen molar-refractivity contribution in [3.05, 3.63) is 47.0 Å². The number of rotatable bonds is 8. The monoisotopic (exact) mass is 440 g/mol. The topological polar surface area (TPSA) is 84.9 Å². The van der Waals surface area contributed by atoms with Gasteiger partial charge in [0.25, 0.3) is 0 Å². The molecule has 0 heterocycles. The third-order valence-corrected chi connectivity index (χ3v) is 5.81. The number of aryl methyl sites for hydroxylation is 1. The third-order valence-electron chi connectivity index (χ3n) is 4.40. The molecule has 1 atom stereocenters. The number of hydrogen-bond donors (Lipinski definition) is 1. The Labute approximate surface area is 176 Å². The maximum atomic E-state index is 13.1. The van der Waals surface area contributed by atoms with Crippen LogP contribution in [0.1, 0.15) is 18.9 Å². The van der Waals surface area contributed by atoms with Crippen LogP contribution in [0.15, 0.2) is 36.4 Å². The summed E-state index contributed by atoms with van der Waals surface area (Å²) >= 11 is 6.09. The second kappa shape index (κ2) is 9.37. The molecular weight excluding hydrogens is 416 g/mol. The van der Waals surface area contributed by atoms with Crippen LogP contribution in [-0.2, 0) is 14.8 Å². The van der Waals surface area contributed by atoms with Crippen LogP contribution in [0.5, 0.6) is 11.5 Å². The summed E-state index contributed by atoms with van der Waals surface area (Å²) in [5, 5.41) is 3.14. The molecule has 0 spiro atoms. The number of sulfonamides is 1. The molecule has 0 aliphatic rings. The average Bonchev–Trinajstić information content (AvgIpc) is 2.67. The molecule has 158 valence electrons. The fourth-order valence-electron chi connectivity index (χ4n) is 2.97. The van der Waals surface area contributed by atoms with E-state index in [4.69, 9.17) is 21.1 Å². The van der Waals surface area contributed by atoms with E-state index in [0.29, 0.717) is 33.5 Å². The molecule has 0 aliphatic carbocycles. The molecule has 29 heavy (non-hydrogen) atoms. The summed E-state index contributed by atoms with van der Waals surface area (Å²) in [4.78, 5) is 13.1. The molecule has 1 N–H and O–H groups in total. The number of nitrogens with one attached hydrogen (secondary N) is 1. The highest BCUT2D eigenvalue weighted by atomic mass is 35.5. The first-order valence-electron chi connectivity index (χ1n) is 8.90. The number of ether oxygens (including phenoxy) is 2. The molecule has 2 aromatic carbocycles. The number of amides is 1. The van der Waals surface area contributed by atoms with E-state index in [0.717, 1.165) is 10.6 Å². The minimum Gasteiger partial charge on any atom is -0.497 e. The Balaban J connectivity index is 2.46. The van der Waals surface area contributed by atoms with Gasteiger partial charge in [-0.05, 0) is 43.2 Å². The lowest BCUT2D eigenvalue weighted by Crippen LogP contribution is -2.47. The summed E-state index contributed by atoms with van der Waals surface area (Å²) in [5.41, 5.74) is 1.46. The number of benzene rings is 2. The summed E-state index contributed by atoms with van der Waals surface area (Å²) in [6, 6.07) is 8.89. The van der Waals surface area contributed by atoms with Gasteiger partial charge in [0.05, 0.1) is 31.9 Å². The summed E-state index contributed by atoms with van der Waals surface area (Å²) in [5.74, 6) is 0.484. The van der Waals surface area contributed by atoms with Crippen molar-refractivity contribution in [3.8, 4) is 11.5 Å². The maximum Gasteiger partial charge on any atom is 0.248 e. The van der Waals surface area contributed by atoms with Crippen molar-refractivity contribution >= 4 is 38.9 Å². The molecule has 2 rings (SSSR count). The number of carbonyl (C=O) groups excluding carboxylic acids is 1. The normalized spacial score (nSPS) is 12.2. The minimum atomic E-state index is -3.77. The second-order valence-electron chi connectivity index (χ2n) is 6.47. The summed E-state index contributed by atoms with van der Waals surface area (Å²) in [6.45, 7) is 3.51. The quantitative estimate of drug-likeness (QED) is 0.673. The Morgan fingerprint density at radius 2 is 1.86 bits per heavy atom. The average molecular weight is 441 g/mol. The number of hydrogen-bond acceptors (Lipinski definition) is 5. The van der Waals surface area contributed by atoms with E-state index in [-0.39, 0.29) is 6.42 Å². The summed E-state index contributed by atoms with van der Waals surface area (Å²) in [7, 11) is -0.772. The molecule has 7 nitrogen and oxygen atoms in total. The van der Waals surface area contributed by atoms with E-state index >= 15 is 0 Å². The first-order valence-corrected chi connectivity index (χ1v) is 11.1. The van der Waals surface area contributed by atoms with Gasteiger partial charge in [-0.1, -0.05) is 24.6 Å².